The molecule has 9 nitrogen and oxygen atoms in total. The summed E-state index contributed by atoms with van der Waals surface area (Å²) in [6.07, 6.45) is 1.93. The molecule has 4 N–H and O–H groups in total. The second-order valence-electron chi connectivity index (χ2n) is 7.27. The van der Waals surface area contributed by atoms with Crippen molar-refractivity contribution < 1.29 is 18.0 Å². The molecule has 0 spiro atoms. The zero-order valence-corrected chi connectivity index (χ0v) is 18.0. The number of alkyl halides is 3. The second-order valence-corrected chi connectivity index (χ2v) is 7.27. The van der Waals surface area contributed by atoms with Crippen LogP contribution in [0, 0.1) is 11.3 Å². The quantitative estimate of drug-likeness (QED) is 0.452. The van der Waals surface area contributed by atoms with Crippen molar-refractivity contribution in [3.8, 4) is 17.3 Å². The fraction of sp³-hybridized carbons (Fsp3) is 0.227. The number of hydrogen-bond acceptors (Lipinski definition) is 6. The first-order valence-electron chi connectivity index (χ1n) is 10.1. The van der Waals surface area contributed by atoms with Gasteiger partial charge in [0.05, 0.1) is 36.6 Å². The van der Waals surface area contributed by atoms with Gasteiger partial charge < -0.3 is 16.4 Å². The minimum absolute atomic E-state index is 0.175. The third kappa shape index (κ3) is 6.32. The highest BCUT2D eigenvalue weighted by Gasteiger charge is 2.27. The Bertz CT molecular complexity index is 1270. The molecule has 0 aliphatic heterocycles. The normalized spacial score (nSPS) is 13.1. The number of carbonyl (C=O) groups is 1. The Morgan fingerprint density at radius 3 is 2.85 bits per heavy atom. The molecular formula is C22H21F3N8O. The molecule has 2 aromatic heterocycles. The molecule has 0 radical (unpaired) electrons. The maximum absolute atomic E-state index is 12.3. The van der Waals surface area contributed by atoms with Crippen LogP contribution in [0.1, 0.15) is 18.9 Å². The van der Waals surface area contributed by atoms with E-state index in [1.165, 1.54) is 6.20 Å². The average Bonchev–Trinajstić information content (AvgIpc) is 3.21. The number of fused-ring (bicyclic) bond motifs is 1. The largest absolute Gasteiger partial charge is 0.405 e. The summed E-state index contributed by atoms with van der Waals surface area (Å²) in [5.74, 6) is 0. The van der Waals surface area contributed by atoms with E-state index in [1.54, 1.807) is 58.8 Å². The highest BCUT2D eigenvalue weighted by molar-refractivity contribution is 6.09. The molecule has 12 heteroatoms. The Morgan fingerprint density at radius 1 is 1.35 bits per heavy atom. The van der Waals surface area contributed by atoms with E-state index in [0.29, 0.717) is 33.7 Å². The topological polar surface area (TPSA) is 133 Å². The molecule has 0 fully saturated rings. The van der Waals surface area contributed by atoms with Gasteiger partial charge in [0, 0.05) is 34.8 Å². The molecule has 2 heterocycles. The van der Waals surface area contributed by atoms with Gasteiger partial charge in [0.2, 0.25) is 0 Å². The summed E-state index contributed by atoms with van der Waals surface area (Å²) in [6, 6.07) is 9.23. The Balaban J connectivity index is 1.81. The van der Waals surface area contributed by atoms with Gasteiger partial charge in [-0.2, -0.15) is 23.5 Å². The molecule has 0 aliphatic rings. The molecular weight excluding hydrogens is 449 g/mol. The molecule has 0 saturated carbocycles. The minimum atomic E-state index is -4.50. The van der Waals surface area contributed by atoms with Crippen LogP contribution in [-0.4, -0.2) is 45.6 Å². The highest BCUT2D eigenvalue weighted by Crippen LogP contribution is 2.24. The van der Waals surface area contributed by atoms with Crippen LogP contribution in [0.5, 0.6) is 0 Å². The zero-order chi connectivity index (χ0) is 24.7. The molecule has 3 rings (SSSR count). The van der Waals surface area contributed by atoms with Crippen molar-refractivity contribution in [1.82, 2.24) is 19.9 Å². The lowest BCUT2D eigenvalue weighted by Gasteiger charge is -2.10. The maximum Gasteiger partial charge on any atom is 0.405 e. The SMILES string of the molecule is CC(CC#N)N=CC(=CN)c1cnn2c(-c3cccc(NC(=O)NCC(F)(F)F)c3)cnc2c1. The number of aliphatic imine (C=N–C) groups is 1. The number of hydrogen-bond donors (Lipinski definition) is 3. The Labute approximate surface area is 192 Å². The van der Waals surface area contributed by atoms with E-state index in [1.807, 2.05) is 6.92 Å². The van der Waals surface area contributed by atoms with E-state index < -0.39 is 18.8 Å². The van der Waals surface area contributed by atoms with Crippen molar-refractivity contribution >= 4 is 29.2 Å². The lowest BCUT2D eigenvalue weighted by atomic mass is 10.1. The molecule has 3 aromatic rings. The number of carbonyl (C=O) groups excluding carboxylic acids is 1. The first-order valence-corrected chi connectivity index (χ1v) is 10.1. The third-order valence-electron chi connectivity index (χ3n) is 4.59. The highest BCUT2D eigenvalue weighted by atomic mass is 19.4. The van der Waals surface area contributed by atoms with Crippen molar-refractivity contribution in [2.75, 3.05) is 11.9 Å². The van der Waals surface area contributed by atoms with E-state index in [2.05, 4.69) is 26.5 Å². The van der Waals surface area contributed by atoms with Crippen LogP contribution in [0.15, 0.2) is 53.9 Å². The number of nitrogens with zero attached hydrogens (tertiary/aromatic N) is 5. The summed E-state index contributed by atoms with van der Waals surface area (Å²) in [6.45, 7) is 0.387. The molecule has 0 saturated heterocycles. The van der Waals surface area contributed by atoms with E-state index in [-0.39, 0.29) is 12.5 Å². The number of imidazole rings is 1. The number of nitriles is 1. The van der Waals surface area contributed by atoms with Crippen molar-refractivity contribution in [2.45, 2.75) is 25.6 Å². The number of nitrogens with two attached hydrogens (primary N) is 1. The van der Waals surface area contributed by atoms with Gasteiger partial charge in [-0.05, 0) is 25.1 Å². The number of halogens is 3. The molecule has 1 aromatic carbocycles. The zero-order valence-electron chi connectivity index (χ0n) is 18.0. The number of allylic oxidation sites excluding steroid dienone is 1. The summed E-state index contributed by atoms with van der Waals surface area (Å²) in [4.78, 5) is 20.4. The van der Waals surface area contributed by atoms with Crippen LogP contribution in [0.25, 0.3) is 22.5 Å². The standard InChI is InChI=1S/C22H21F3N8O/c1-14(5-6-26)28-10-17(9-27)16-8-20-29-12-19(33(20)31-11-16)15-3-2-4-18(7-15)32-21(34)30-13-22(23,24)25/h2-4,7-12,14H,5,13,27H2,1H3,(H2,30,32,34). The van der Waals surface area contributed by atoms with Crippen LogP contribution in [-0.2, 0) is 0 Å². The van der Waals surface area contributed by atoms with Crippen LogP contribution >= 0.6 is 0 Å². The lowest BCUT2D eigenvalue weighted by molar-refractivity contribution is -0.122. The number of benzene rings is 1. The van der Waals surface area contributed by atoms with Gasteiger partial charge >= 0.3 is 12.2 Å². The Morgan fingerprint density at radius 2 is 2.15 bits per heavy atom. The molecule has 34 heavy (non-hydrogen) atoms. The number of rotatable bonds is 7. The fourth-order valence-electron chi connectivity index (χ4n) is 2.95. The van der Waals surface area contributed by atoms with Crippen LogP contribution in [0.4, 0.5) is 23.7 Å². The summed E-state index contributed by atoms with van der Waals surface area (Å²) in [5.41, 5.74) is 9.09. The summed E-state index contributed by atoms with van der Waals surface area (Å²) < 4.78 is 38.4. The predicted molar refractivity (Wildman–Crippen MR) is 122 cm³/mol. The number of urea groups is 1. The van der Waals surface area contributed by atoms with Gasteiger partial charge in [-0.15, -0.1) is 0 Å². The van der Waals surface area contributed by atoms with Gasteiger partial charge in [0.25, 0.3) is 0 Å². The summed E-state index contributed by atoms with van der Waals surface area (Å²) >= 11 is 0. The van der Waals surface area contributed by atoms with Gasteiger partial charge in [0.1, 0.15) is 6.54 Å². The van der Waals surface area contributed by atoms with Crippen molar-refractivity contribution in [3.63, 3.8) is 0 Å². The molecule has 176 valence electrons. The first kappa shape index (κ1) is 24.2. The van der Waals surface area contributed by atoms with E-state index in [9.17, 15) is 18.0 Å². The van der Waals surface area contributed by atoms with Crippen LogP contribution in [0.3, 0.4) is 0 Å². The number of anilines is 1. The Kier molecular flexibility index (Phi) is 7.47. The molecule has 0 bridgehead atoms. The van der Waals surface area contributed by atoms with E-state index >= 15 is 0 Å². The van der Waals surface area contributed by atoms with Crippen molar-refractivity contribution in [2.24, 2.45) is 10.7 Å². The number of amides is 2. The van der Waals surface area contributed by atoms with E-state index in [4.69, 9.17) is 11.0 Å². The first-order chi connectivity index (χ1) is 16.2. The number of nitrogens with one attached hydrogen (secondary N) is 2. The van der Waals surface area contributed by atoms with Gasteiger partial charge in [-0.1, -0.05) is 12.1 Å². The smallest absolute Gasteiger partial charge is 0.404 e. The van der Waals surface area contributed by atoms with Crippen LogP contribution < -0.4 is 16.4 Å². The summed E-state index contributed by atoms with van der Waals surface area (Å²) in [7, 11) is 0. The van der Waals surface area contributed by atoms with Crippen LogP contribution in [0.2, 0.25) is 0 Å². The van der Waals surface area contributed by atoms with Gasteiger partial charge in [-0.25, -0.2) is 14.3 Å². The van der Waals surface area contributed by atoms with Gasteiger partial charge in [-0.3, -0.25) is 4.99 Å². The van der Waals surface area contributed by atoms with E-state index in [0.717, 1.165) is 0 Å². The average molecular weight is 470 g/mol. The summed E-state index contributed by atoms with van der Waals surface area (Å²) in [5, 5.41) is 17.3. The monoisotopic (exact) mass is 470 g/mol. The van der Waals surface area contributed by atoms with Gasteiger partial charge in [0.15, 0.2) is 5.65 Å². The maximum atomic E-state index is 12.3. The fourth-order valence-corrected chi connectivity index (χ4v) is 2.95. The number of aromatic nitrogens is 3. The molecule has 1 atom stereocenters. The lowest BCUT2D eigenvalue weighted by Crippen LogP contribution is -2.36. The molecule has 1 unspecified atom stereocenters. The predicted octanol–water partition coefficient (Wildman–Crippen LogP) is 3.75. The van der Waals surface area contributed by atoms with Crippen molar-refractivity contribution in [3.05, 3.63) is 54.5 Å². The minimum Gasteiger partial charge on any atom is -0.404 e. The molecule has 0 aliphatic carbocycles. The second kappa shape index (κ2) is 10.5. The van der Waals surface area contributed by atoms with Crippen molar-refractivity contribution in [1.29, 1.82) is 5.26 Å². The third-order valence-corrected chi connectivity index (χ3v) is 4.59. The Hall–Kier alpha value is -4.40. The molecule has 2 amide bonds.